The zero-order chi connectivity index (χ0) is 37.7. The van der Waals surface area contributed by atoms with Gasteiger partial charge in [-0.3, -0.25) is 9.59 Å². The van der Waals surface area contributed by atoms with E-state index in [-0.39, 0.29) is 25.2 Å². The lowest BCUT2D eigenvalue weighted by Gasteiger charge is -2.47. The van der Waals surface area contributed by atoms with Crippen molar-refractivity contribution in [1.29, 1.82) is 5.26 Å². The van der Waals surface area contributed by atoms with Crippen molar-refractivity contribution in [3.63, 3.8) is 0 Å². The molecule has 3 rings (SSSR count). The molecule has 0 spiro atoms. The Morgan fingerprint density at radius 2 is 1.88 bits per heavy atom. The van der Waals surface area contributed by atoms with Crippen LogP contribution >= 0.6 is 0 Å². The summed E-state index contributed by atoms with van der Waals surface area (Å²) in [5.74, 6) is 2.36. The first-order chi connectivity index (χ1) is 24.3. The largest absolute Gasteiger partial charge is 0.461 e. The van der Waals surface area contributed by atoms with Crippen molar-refractivity contribution < 1.29 is 43.5 Å². The average molecular weight is 708 g/mol. The number of hydrogen-bond acceptors (Lipinski definition) is 12. The Bertz CT molecular complexity index is 1460. The summed E-state index contributed by atoms with van der Waals surface area (Å²) >= 11 is 0. The van der Waals surface area contributed by atoms with E-state index in [1.54, 1.807) is 79.2 Å². The Labute approximate surface area is 301 Å². The summed E-state index contributed by atoms with van der Waals surface area (Å²) in [6.45, 7) is 8.84. The molecule has 51 heavy (non-hydrogen) atoms. The molecule has 2 N–H and O–H groups in total. The van der Waals surface area contributed by atoms with Crippen LogP contribution in [0.5, 0.6) is 0 Å². The van der Waals surface area contributed by atoms with Crippen LogP contribution in [0.15, 0.2) is 48.2 Å². The van der Waals surface area contributed by atoms with Crippen molar-refractivity contribution in [3.8, 4) is 17.9 Å². The first-order valence-corrected chi connectivity index (χ1v) is 17.6. The second-order valence-electron chi connectivity index (χ2n) is 13.7. The molecule has 0 aliphatic carbocycles. The standard InChI is InChI=1S/C39H53N3O9/c1-8-33-29(23-40)20-24(2)14-15-31(44)25(3)21-28(16-18-43)37(26(4)32(45)22-34(46)50-33)51-39-36(47)35(42(6)7)38(27(5)49-39)48-19-11-13-30-12-9-10-17-41-30/h9-10,12,14-15,17-18,20,25-29,32-33,35-39,45,47H,8,16,19,21-22H2,1-7H3/b15-14+,24-20+/t25-,26+,27-,28+,29-,32-,33-,35-,36-,37-,38-,39+/m1/s1. The van der Waals surface area contributed by atoms with E-state index in [1.807, 2.05) is 11.0 Å². The predicted molar refractivity (Wildman–Crippen MR) is 188 cm³/mol. The minimum Gasteiger partial charge on any atom is -0.461 e. The molecule has 0 saturated carbocycles. The van der Waals surface area contributed by atoms with Crippen LogP contribution in [0.2, 0.25) is 0 Å². The third-order valence-electron chi connectivity index (χ3n) is 9.59. The first-order valence-electron chi connectivity index (χ1n) is 17.6. The summed E-state index contributed by atoms with van der Waals surface area (Å²) in [5, 5.41) is 32.9. The molecule has 12 nitrogen and oxygen atoms in total. The number of aliphatic hydroxyl groups excluding tert-OH is 2. The number of nitrogens with zero attached hydrogens (tertiary/aromatic N) is 3. The van der Waals surface area contributed by atoms with E-state index >= 15 is 0 Å². The molecule has 12 atom stereocenters. The fourth-order valence-corrected chi connectivity index (χ4v) is 6.67. The average Bonchev–Trinajstić information content (AvgIpc) is 3.10. The van der Waals surface area contributed by atoms with Crippen LogP contribution in [0.1, 0.15) is 66.0 Å². The van der Waals surface area contributed by atoms with Gasteiger partial charge >= 0.3 is 5.97 Å². The number of aromatic nitrogens is 1. The predicted octanol–water partition coefficient (Wildman–Crippen LogP) is 3.40. The van der Waals surface area contributed by atoms with Crippen molar-refractivity contribution >= 4 is 18.0 Å². The van der Waals surface area contributed by atoms with Gasteiger partial charge in [0, 0.05) is 24.5 Å². The van der Waals surface area contributed by atoms with E-state index in [4.69, 9.17) is 18.9 Å². The Balaban J connectivity index is 1.93. The molecule has 0 radical (unpaired) electrons. The molecule has 2 aliphatic heterocycles. The van der Waals surface area contributed by atoms with Gasteiger partial charge in [0.25, 0.3) is 0 Å². The van der Waals surface area contributed by atoms with Crippen molar-refractivity contribution in [2.45, 2.75) is 109 Å². The lowest BCUT2D eigenvalue weighted by Crippen LogP contribution is -2.64. The summed E-state index contributed by atoms with van der Waals surface area (Å²) < 4.78 is 24.6. The summed E-state index contributed by atoms with van der Waals surface area (Å²) in [5.41, 5.74) is 1.25. The van der Waals surface area contributed by atoms with Crippen LogP contribution in [0.4, 0.5) is 0 Å². The number of carbonyl (C=O) groups is 3. The highest BCUT2D eigenvalue weighted by Crippen LogP contribution is 2.35. The quantitative estimate of drug-likeness (QED) is 0.230. The molecule has 278 valence electrons. The Morgan fingerprint density at radius 1 is 1.14 bits per heavy atom. The number of pyridine rings is 1. The second-order valence-corrected chi connectivity index (χ2v) is 13.7. The maximum Gasteiger partial charge on any atom is 0.308 e. The molecule has 3 heterocycles. The summed E-state index contributed by atoms with van der Waals surface area (Å²) in [7, 11) is 3.60. The van der Waals surface area contributed by atoms with Crippen molar-refractivity contribution in [3.05, 3.63) is 53.9 Å². The van der Waals surface area contributed by atoms with E-state index in [1.165, 1.54) is 6.08 Å². The van der Waals surface area contributed by atoms with Crippen LogP contribution in [-0.4, -0.2) is 108 Å². The molecule has 1 aromatic rings. The molecule has 0 aromatic carbocycles. The molecule has 0 unspecified atom stereocenters. The molecule has 1 aromatic heterocycles. The van der Waals surface area contributed by atoms with E-state index < -0.39 is 85.0 Å². The summed E-state index contributed by atoms with van der Waals surface area (Å²) in [6, 6.07) is 7.00. The number of allylic oxidation sites excluding steroid dienone is 3. The van der Waals surface area contributed by atoms with Gasteiger partial charge in [0.05, 0.1) is 36.8 Å². The van der Waals surface area contributed by atoms with E-state index in [0.29, 0.717) is 17.7 Å². The topological polar surface area (TPSA) is 169 Å². The van der Waals surface area contributed by atoms with Gasteiger partial charge < -0.3 is 38.9 Å². The van der Waals surface area contributed by atoms with Gasteiger partial charge in [-0.05, 0) is 70.8 Å². The van der Waals surface area contributed by atoms with Gasteiger partial charge in [0.1, 0.15) is 42.8 Å². The number of rotatable bonds is 8. The number of ketones is 1. The highest BCUT2D eigenvalue weighted by atomic mass is 16.7. The number of cyclic esters (lactones) is 1. The SMILES string of the molecule is CC[C@H]1OC(=O)C[C@@H](O)[C@H](C)[C@@H](O[C@@H]2O[C@H](C)[C@@H](OCC#Cc3ccccn3)[C@H](N(C)C)[C@H]2O)[C@@H](CC=O)C[C@@H](C)C(=O)/C=C/C(C)=C/[C@@H]1C#N. The molecule has 0 amide bonds. The van der Waals surface area contributed by atoms with Crippen LogP contribution in [0.3, 0.4) is 0 Å². The number of aliphatic hydroxyl groups is 2. The molecule has 1 fully saturated rings. The fraction of sp³-hybridized carbons (Fsp3) is 0.615. The van der Waals surface area contributed by atoms with Gasteiger partial charge in [0.2, 0.25) is 0 Å². The third kappa shape index (κ3) is 11.9. The van der Waals surface area contributed by atoms with E-state index in [2.05, 4.69) is 22.9 Å². The van der Waals surface area contributed by atoms with Gasteiger partial charge in [-0.15, -0.1) is 0 Å². The minimum absolute atomic E-state index is 0.00957. The van der Waals surface area contributed by atoms with Gasteiger partial charge in [-0.25, -0.2) is 4.98 Å². The fourth-order valence-electron chi connectivity index (χ4n) is 6.67. The zero-order valence-electron chi connectivity index (χ0n) is 30.7. The monoisotopic (exact) mass is 707 g/mol. The number of nitriles is 1. The third-order valence-corrected chi connectivity index (χ3v) is 9.59. The maximum atomic E-state index is 13.3. The molecule has 0 bridgehead atoms. The number of aldehydes is 1. The summed E-state index contributed by atoms with van der Waals surface area (Å²) in [6.07, 6.45) is 0.656. The van der Waals surface area contributed by atoms with Crippen LogP contribution in [-0.2, 0) is 33.3 Å². The molecule has 12 heteroatoms. The first kappa shape index (κ1) is 41.7. The lowest BCUT2D eigenvalue weighted by molar-refractivity contribution is -0.307. The Hall–Kier alpha value is -3.75. The van der Waals surface area contributed by atoms with Crippen molar-refractivity contribution in [2.24, 2.45) is 23.7 Å². The highest BCUT2D eigenvalue weighted by molar-refractivity contribution is 5.91. The van der Waals surface area contributed by atoms with E-state index in [9.17, 15) is 29.9 Å². The van der Waals surface area contributed by atoms with Gasteiger partial charge in [-0.2, -0.15) is 5.26 Å². The Morgan fingerprint density at radius 3 is 2.51 bits per heavy atom. The number of likely N-dealkylation sites (N-methyl/N-ethyl adjacent to an activating group) is 1. The molecule has 2 aliphatic rings. The highest BCUT2D eigenvalue weighted by Gasteiger charge is 2.48. The second kappa shape index (κ2) is 20.3. The Kier molecular flexibility index (Phi) is 16.6. The molecular formula is C39H53N3O9. The zero-order valence-corrected chi connectivity index (χ0v) is 30.7. The van der Waals surface area contributed by atoms with E-state index in [0.717, 1.165) is 6.29 Å². The molecule has 1 saturated heterocycles. The number of esters is 1. The van der Waals surface area contributed by atoms with Gasteiger partial charge in [0.15, 0.2) is 12.1 Å². The normalized spacial score (nSPS) is 35.7. The minimum atomic E-state index is -1.29. The molecular weight excluding hydrogens is 654 g/mol. The maximum absolute atomic E-state index is 13.3. The van der Waals surface area contributed by atoms with Crippen LogP contribution < -0.4 is 0 Å². The van der Waals surface area contributed by atoms with Gasteiger partial charge in [-0.1, -0.05) is 50.5 Å². The van der Waals surface area contributed by atoms with Crippen LogP contribution in [0, 0.1) is 46.8 Å². The smallest absolute Gasteiger partial charge is 0.308 e. The number of ether oxygens (including phenoxy) is 4. The summed E-state index contributed by atoms with van der Waals surface area (Å²) in [4.78, 5) is 44.4. The van der Waals surface area contributed by atoms with Crippen LogP contribution in [0.25, 0.3) is 0 Å². The van der Waals surface area contributed by atoms with Crippen molar-refractivity contribution in [2.75, 3.05) is 20.7 Å². The number of carbonyl (C=O) groups excluding carboxylic acids is 3. The lowest BCUT2D eigenvalue weighted by atomic mass is 9.79. The van der Waals surface area contributed by atoms with Crippen molar-refractivity contribution in [1.82, 2.24) is 9.88 Å². The number of hydrogen-bond donors (Lipinski definition) is 2.